The molecule has 176 valence electrons. The van der Waals surface area contributed by atoms with Crippen LogP contribution in [-0.4, -0.2) is 73.7 Å². The Kier molecular flexibility index (Phi) is 6.30. The number of carbonyl (C=O) groups is 1. The zero-order valence-corrected chi connectivity index (χ0v) is 20.1. The maximum absolute atomic E-state index is 12.9. The van der Waals surface area contributed by atoms with Crippen LogP contribution in [0.15, 0.2) is 58.5 Å². The van der Waals surface area contributed by atoms with Crippen LogP contribution in [0.1, 0.15) is 12.1 Å². The minimum absolute atomic E-state index is 0.149. The molecule has 1 fully saturated rings. The SMILES string of the molecule is Cc1c(S(=O)(=O)N2CCN(C(=O)CCS(=O)(=O)c3ccc4ccccc4c3)CC2)cnn1C. The molecule has 33 heavy (non-hydrogen) atoms. The van der Waals surface area contributed by atoms with Crippen molar-refractivity contribution < 1.29 is 21.6 Å². The maximum atomic E-state index is 12.9. The quantitative estimate of drug-likeness (QED) is 0.519. The predicted octanol–water partition coefficient (Wildman–Crippen LogP) is 1.58. The first-order chi connectivity index (χ1) is 15.6. The van der Waals surface area contributed by atoms with Crippen LogP contribution in [0.2, 0.25) is 0 Å². The topological polar surface area (TPSA) is 110 Å². The summed E-state index contributed by atoms with van der Waals surface area (Å²) >= 11 is 0. The van der Waals surface area contributed by atoms with Crippen molar-refractivity contribution in [1.82, 2.24) is 19.0 Å². The van der Waals surface area contributed by atoms with Gasteiger partial charge in [0.25, 0.3) is 0 Å². The summed E-state index contributed by atoms with van der Waals surface area (Å²) in [6, 6.07) is 12.4. The van der Waals surface area contributed by atoms with E-state index >= 15 is 0 Å². The van der Waals surface area contributed by atoms with Crippen LogP contribution in [-0.2, 0) is 31.7 Å². The highest BCUT2D eigenvalue weighted by Gasteiger charge is 2.32. The molecule has 11 heteroatoms. The molecule has 0 saturated carbocycles. The van der Waals surface area contributed by atoms with Gasteiger partial charge in [0.15, 0.2) is 9.84 Å². The van der Waals surface area contributed by atoms with Gasteiger partial charge in [0.1, 0.15) is 4.90 Å². The average Bonchev–Trinajstić information content (AvgIpc) is 3.16. The predicted molar refractivity (Wildman–Crippen MR) is 124 cm³/mol. The van der Waals surface area contributed by atoms with Gasteiger partial charge in [-0.1, -0.05) is 30.3 Å². The molecule has 2 aromatic carbocycles. The summed E-state index contributed by atoms with van der Waals surface area (Å²) in [6.45, 7) is 2.43. The molecule has 0 atom stereocenters. The number of carbonyl (C=O) groups excluding carboxylic acids is 1. The van der Waals surface area contributed by atoms with Gasteiger partial charge < -0.3 is 4.90 Å². The lowest BCUT2D eigenvalue weighted by Crippen LogP contribution is -2.50. The molecule has 1 aromatic heterocycles. The third kappa shape index (κ3) is 4.66. The van der Waals surface area contributed by atoms with Crippen molar-refractivity contribution in [2.75, 3.05) is 31.9 Å². The lowest BCUT2D eigenvalue weighted by molar-refractivity contribution is -0.131. The fourth-order valence-electron chi connectivity index (χ4n) is 3.91. The minimum atomic E-state index is -3.69. The Morgan fingerprint density at radius 2 is 1.64 bits per heavy atom. The number of piperazine rings is 1. The second-order valence-corrected chi connectivity index (χ2v) is 12.1. The Bertz CT molecular complexity index is 1410. The summed E-state index contributed by atoms with van der Waals surface area (Å²) in [5, 5.41) is 5.77. The number of rotatable bonds is 6. The van der Waals surface area contributed by atoms with Crippen LogP contribution < -0.4 is 0 Å². The van der Waals surface area contributed by atoms with Crippen LogP contribution in [0.5, 0.6) is 0 Å². The molecular formula is C22H26N4O5S2. The summed E-state index contributed by atoms with van der Waals surface area (Å²) in [7, 11) is -5.64. The number of benzene rings is 2. The van der Waals surface area contributed by atoms with Crippen molar-refractivity contribution in [3.05, 3.63) is 54.4 Å². The van der Waals surface area contributed by atoms with Crippen molar-refractivity contribution in [1.29, 1.82) is 0 Å². The lowest BCUT2D eigenvalue weighted by atomic mass is 10.1. The fraction of sp³-hybridized carbons (Fsp3) is 0.364. The summed E-state index contributed by atoms with van der Waals surface area (Å²) in [5.74, 6) is -0.591. The average molecular weight is 491 g/mol. The van der Waals surface area contributed by atoms with E-state index in [9.17, 15) is 21.6 Å². The van der Waals surface area contributed by atoms with Gasteiger partial charge in [-0.05, 0) is 29.8 Å². The van der Waals surface area contributed by atoms with Crippen molar-refractivity contribution >= 4 is 36.5 Å². The zero-order valence-electron chi connectivity index (χ0n) is 18.5. The number of amides is 1. The van der Waals surface area contributed by atoms with Crippen LogP contribution in [0.25, 0.3) is 10.8 Å². The molecule has 1 amide bonds. The van der Waals surface area contributed by atoms with E-state index in [4.69, 9.17) is 0 Å². The molecule has 0 bridgehead atoms. The van der Waals surface area contributed by atoms with Gasteiger partial charge in [0, 0.05) is 39.6 Å². The second kappa shape index (κ2) is 8.88. The van der Waals surface area contributed by atoms with Crippen molar-refractivity contribution in [2.24, 2.45) is 7.05 Å². The maximum Gasteiger partial charge on any atom is 0.246 e. The van der Waals surface area contributed by atoms with E-state index < -0.39 is 19.9 Å². The van der Waals surface area contributed by atoms with E-state index in [-0.39, 0.29) is 54.1 Å². The summed E-state index contributed by atoms with van der Waals surface area (Å²) < 4.78 is 54.2. The number of hydrogen-bond donors (Lipinski definition) is 0. The third-order valence-corrected chi connectivity index (χ3v) is 9.78. The molecule has 1 saturated heterocycles. The molecule has 1 aliphatic heterocycles. The van der Waals surface area contributed by atoms with Crippen LogP contribution >= 0.6 is 0 Å². The van der Waals surface area contributed by atoms with E-state index in [1.54, 1.807) is 32.2 Å². The van der Waals surface area contributed by atoms with Crippen molar-refractivity contribution in [3.63, 3.8) is 0 Å². The summed E-state index contributed by atoms with van der Waals surface area (Å²) in [5.41, 5.74) is 0.549. The van der Waals surface area contributed by atoms with Gasteiger partial charge in [-0.25, -0.2) is 16.8 Å². The molecule has 0 N–H and O–H groups in total. The Balaban J connectivity index is 1.36. The molecule has 2 heterocycles. The first kappa shape index (κ1) is 23.4. The van der Waals surface area contributed by atoms with E-state index in [0.717, 1.165) is 10.8 Å². The van der Waals surface area contributed by atoms with Crippen LogP contribution in [0, 0.1) is 6.92 Å². The fourth-order valence-corrected chi connectivity index (χ4v) is 6.78. The molecule has 4 rings (SSSR count). The number of aryl methyl sites for hydroxylation is 1. The number of fused-ring (bicyclic) bond motifs is 1. The molecule has 3 aromatic rings. The normalized spacial score (nSPS) is 15.8. The Hall–Kier alpha value is -2.76. The third-order valence-electron chi connectivity index (χ3n) is 6.06. The first-order valence-corrected chi connectivity index (χ1v) is 13.7. The van der Waals surface area contributed by atoms with Gasteiger partial charge >= 0.3 is 0 Å². The summed E-state index contributed by atoms with van der Waals surface area (Å²) in [6.07, 6.45) is 1.18. The van der Waals surface area contributed by atoms with Crippen LogP contribution in [0.3, 0.4) is 0 Å². The highest BCUT2D eigenvalue weighted by atomic mass is 32.2. The van der Waals surface area contributed by atoms with Gasteiger partial charge in [-0.2, -0.15) is 9.40 Å². The van der Waals surface area contributed by atoms with Crippen molar-refractivity contribution in [3.8, 4) is 0 Å². The lowest BCUT2D eigenvalue weighted by Gasteiger charge is -2.34. The smallest absolute Gasteiger partial charge is 0.246 e. The molecular weight excluding hydrogens is 464 g/mol. The highest BCUT2D eigenvalue weighted by molar-refractivity contribution is 7.91. The number of hydrogen-bond acceptors (Lipinski definition) is 6. The van der Waals surface area contributed by atoms with E-state index in [1.807, 2.05) is 24.3 Å². The van der Waals surface area contributed by atoms with Crippen molar-refractivity contribution in [2.45, 2.75) is 23.1 Å². The Labute approximate surface area is 193 Å². The summed E-state index contributed by atoms with van der Waals surface area (Å²) in [4.78, 5) is 14.5. The number of aromatic nitrogens is 2. The van der Waals surface area contributed by atoms with E-state index in [0.29, 0.717) is 5.69 Å². The molecule has 0 unspecified atom stereocenters. The number of sulfonamides is 1. The minimum Gasteiger partial charge on any atom is -0.340 e. The highest BCUT2D eigenvalue weighted by Crippen LogP contribution is 2.22. The molecule has 0 aliphatic carbocycles. The zero-order chi connectivity index (χ0) is 23.8. The Morgan fingerprint density at radius 1 is 0.970 bits per heavy atom. The van der Waals surface area contributed by atoms with Gasteiger partial charge in [0.2, 0.25) is 15.9 Å². The molecule has 0 radical (unpaired) electrons. The van der Waals surface area contributed by atoms with E-state index in [1.165, 1.54) is 20.1 Å². The molecule has 0 spiro atoms. The molecule has 9 nitrogen and oxygen atoms in total. The second-order valence-electron chi connectivity index (χ2n) is 8.08. The first-order valence-electron chi connectivity index (χ1n) is 10.6. The largest absolute Gasteiger partial charge is 0.340 e. The monoisotopic (exact) mass is 490 g/mol. The van der Waals surface area contributed by atoms with Gasteiger partial charge in [-0.15, -0.1) is 0 Å². The van der Waals surface area contributed by atoms with E-state index in [2.05, 4.69) is 5.10 Å². The van der Waals surface area contributed by atoms with Gasteiger partial charge in [-0.3, -0.25) is 9.48 Å². The van der Waals surface area contributed by atoms with Gasteiger partial charge in [0.05, 0.1) is 22.5 Å². The number of nitrogens with zero attached hydrogens (tertiary/aromatic N) is 4. The Morgan fingerprint density at radius 3 is 2.27 bits per heavy atom. The van der Waals surface area contributed by atoms with Crippen LogP contribution in [0.4, 0.5) is 0 Å². The number of sulfone groups is 1. The standard InChI is InChI=1S/C22H26N4O5S2/c1-17-21(16-23-24(17)2)33(30,31)26-12-10-25(11-13-26)22(27)9-14-32(28,29)20-8-7-18-5-3-4-6-19(18)15-20/h3-8,15-16H,9-14H2,1-2H3. The molecule has 1 aliphatic rings.